The zero-order valence-corrected chi connectivity index (χ0v) is 11.9. The highest BCUT2D eigenvalue weighted by Gasteiger charge is 2.36. The lowest BCUT2D eigenvalue weighted by Gasteiger charge is -2.20. The summed E-state index contributed by atoms with van der Waals surface area (Å²) in [6, 6.07) is 1.93. The van der Waals surface area contributed by atoms with E-state index in [1.54, 1.807) is 12.4 Å². The third kappa shape index (κ3) is 2.07. The van der Waals surface area contributed by atoms with Crippen LogP contribution in [0, 0.1) is 5.92 Å². The highest BCUT2D eigenvalue weighted by molar-refractivity contribution is 5.81. The van der Waals surface area contributed by atoms with Crippen LogP contribution in [0.1, 0.15) is 37.4 Å². The fraction of sp³-hybridized carbons (Fsp3) is 0.533. The molecule has 1 aliphatic rings. The minimum Gasteiger partial charge on any atom is -0.468 e. The van der Waals surface area contributed by atoms with Gasteiger partial charge in [0.15, 0.2) is 0 Å². The number of carbonyl (C=O) groups is 1. The molecule has 3 rings (SSSR count). The summed E-state index contributed by atoms with van der Waals surface area (Å²) in [4.78, 5) is 21.0. The van der Waals surface area contributed by atoms with Gasteiger partial charge in [-0.15, -0.1) is 0 Å². The van der Waals surface area contributed by atoms with Crippen LogP contribution in [0.5, 0.6) is 0 Å². The van der Waals surface area contributed by atoms with Crippen LogP contribution in [0.3, 0.4) is 0 Å². The standard InChI is InChI=1S/C15H19N3O2/c1-18-12-7-8-16-9-11(12)17-14(18)13(15(19)20-2)10-5-3-4-6-10/h7-10,13H,3-6H2,1-2H3. The second-order valence-electron chi connectivity index (χ2n) is 5.44. The Kier molecular flexibility index (Phi) is 3.42. The van der Waals surface area contributed by atoms with Gasteiger partial charge in [0.05, 0.1) is 18.8 Å². The fourth-order valence-corrected chi connectivity index (χ4v) is 3.27. The van der Waals surface area contributed by atoms with Gasteiger partial charge in [0.1, 0.15) is 17.3 Å². The lowest BCUT2D eigenvalue weighted by molar-refractivity contribution is -0.144. The van der Waals surface area contributed by atoms with Crippen molar-refractivity contribution in [3.63, 3.8) is 0 Å². The molecule has 1 saturated carbocycles. The molecule has 0 amide bonds. The summed E-state index contributed by atoms with van der Waals surface area (Å²) >= 11 is 0. The molecule has 106 valence electrons. The molecule has 2 aromatic heterocycles. The van der Waals surface area contributed by atoms with Crippen molar-refractivity contribution in [1.29, 1.82) is 0 Å². The Morgan fingerprint density at radius 2 is 2.20 bits per heavy atom. The first-order chi connectivity index (χ1) is 9.72. The molecular weight excluding hydrogens is 254 g/mol. The molecule has 2 aromatic rings. The van der Waals surface area contributed by atoms with Crippen LogP contribution in [-0.2, 0) is 16.6 Å². The van der Waals surface area contributed by atoms with Crippen LogP contribution in [0.4, 0.5) is 0 Å². The predicted octanol–water partition coefficient (Wildman–Crippen LogP) is 2.42. The van der Waals surface area contributed by atoms with Gasteiger partial charge in [-0.1, -0.05) is 12.8 Å². The summed E-state index contributed by atoms with van der Waals surface area (Å²) < 4.78 is 7.02. The monoisotopic (exact) mass is 273 g/mol. The first-order valence-electron chi connectivity index (χ1n) is 7.06. The number of esters is 1. The Morgan fingerprint density at radius 1 is 1.45 bits per heavy atom. The lowest BCUT2D eigenvalue weighted by atomic mass is 9.90. The second kappa shape index (κ2) is 5.23. The highest BCUT2D eigenvalue weighted by atomic mass is 16.5. The maximum absolute atomic E-state index is 12.2. The summed E-state index contributed by atoms with van der Waals surface area (Å²) in [6.07, 6.45) is 7.99. The van der Waals surface area contributed by atoms with E-state index in [1.807, 2.05) is 17.7 Å². The minimum absolute atomic E-state index is 0.178. The SMILES string of the molecule is COC(=O)C(c1nc2cnccc2n1C)C1CCCC1. The number of hydrogen-bond donors (Lipinski definition) is 0. The molecule has 0 radical (unpaired) electrons. The average Bonchev–Trinajstić information content (AvgIpc) is 3.09. The largest absolute Gasteiger partial charge is 0.468 e. The molecule has 1 fully saturated rings. The zero-order valence-electron chi connectivity index (χ0n) is 11.9. The second-order valence-corrected chi connectivity index (χ2v) is 5.44. The molecule has 20 heavy (non-hydrogen) atoms. The number of rotatable bonds is 3. The molecule has 0 aliphatic heterocycles. The van der Waals surface area contributed by atoms with Crippen LogP contribution in [0.15, 0.2) is 18.5 Å². The first-order valence-corrected chi connectivity index (χ1v) is 7.06. The molecule has 1 unspecified atom stereocenters. The van der Waals surface area contributed by atoms with Crippen molar-refractivity contribution in [2.45, 2.75) is 31.6 Å². The number of ether oxygens (including phenoxy) is 1. The molecule has 5 nitrogen and oxygen atoms in total. The number of aromatic nitrogens is 3. The molecule has 0 aromatic carbocycles. The van der Waals surface area contributed by atoms with E-state index in [0.717, 1.165) is 29.7 Å². The minimum atomic E-state index is -0.264. The van der Waals surface area contributed by atoms with Gasteiger partial charge in [0.2, 0.25) is 0 Å². The quantitative estimate of drug-likeness (QED) is 0.806. The number of nitrogens with zero attached hydrogens (tertiary/aromatic N) is 3. The summed E-state index contributed by atoms with van der Waals surface area (Å²) in [6.45, 7) is 0. The number of hydrogen-bond acceptors (Lipinski definition) is 4. The summed E-state index contributed by atoms with van der Waals surface area (Å²) in [5.74, 6) is 0.695. The maximum atomic E-state index is 12.2. The number of methoxy groups -OCH3 is 1. The van der Waals surface area contributed by atoms with Crippen LogP contribution in [-0.4, -0.2) is 27.6 Å². The number of aryl methyl sites for hydroxylation is 1. The summed E-state index contributed by atoms with van der Waals surface area (Å²) in [7, 11) is 3.41. The number of pyridine rings is 1. The van der Waals surface area contributed by atoms with Gasteiger partial charge in [-0.25, -0.2) is 4.98 Å². The van der Waals surface area contributed by atoms with Crippen LogP contribution >= 0.6 is 0 Å². The fourth-order valence-electron chi connectivity index (χ4n) is 3.27. The highest BCUT2D eigenvalue weighted by Crippen LogP contribution is 2.38. The van der Waals surface area contributed by atoms with E-state index in [1.165, 1.54) is 20.0 Å². The van der Waals surface area contributed by atoms with E-state index in [4.69, 9.17) is 4.74 Å². The molecule has 5 heteroatoms. The molecule has 1 atom stereocenters. The van der Waals surface area contributed by atoms with E-state index in [-0.39, 0.29) is 11.9 Å². The van der Waals surface area contributed by atoms with Gasteiger partial charge in [-0.3, -0.25) is 9.78 Å². The van der Waals surface area contributed by atoms with Gasteiger partial charge in [-0.05, 0) is 24.8 Å². The summed E-state index contributed by atoms with van der Waals surface area (Å²) in [5, 5.41) is 0. The average molecular weight is 273 g/mol. The maximum Gasteiger partial charge on any atom is 0.316 e. The predicted molar refractivity (Wildman–Crippen MR) is 75.2 cm³/mol. The third-order valence-electron chi connectivity index (χ3n) is 4.32. The summed E-state index contributed by atoms with van der Waals surface area (Å²) in [5.41, 5.74) is 1.83. The topological polar surface area (TPSA) is 57.0 Å². The van der Waals surface area contributed by atoms with Gasteiger partial charge in [0.25, 0.3) is 0 Å². The van der Waals surface area contributed by atoms with Gasteiger partial charge < -0.3 is 9.30 Å². The Labute approximate surface area is 118 Å². The number of fused-ring (bicyclic) bond motifs is 1. The van der Waals surface area contributed by atoms with Crippen molar-refractivity contribution in [2.75, 3.05) is 7.11 Å². The van der Waals surface area contributed by atoms with Gasteiger partial charge >= 0.3 is 5.97 Å². The van der Waals surface area contributed by atoms with Crippen LogP contribution < -0.4 is 0 Å². The van der Waals surface area contributed by atoms with Crippen molar-refractivity contribution >= 4 is 17.0 Å². The van der Waals surface area contributed by atoms with Crippen LogP contribution in [0.25, 0.3) is 11.0 Å². The van der Waals surface area contributed by atoms with E-state index in [2.05, 4.69) is 9.97 Å². The Morgan fingerprint density at radius 3 is 2.85 bits per heavy atom. The zero-order chi connectivity index (χ0) is 14.1. The van der Waals surface area contributed by atoms with E-state index < -0.39 is 0 Å². The molecule has 0 N–H and O–H groups in total. The Hall–Kier alpha value is -1.91. The van der Waals surface area contributed by atoms with E-state index in [9.17, 15) is 4.79 Å². The van der Waals surface area contributed by atoms with E-state index >= 15 is 0 Å². The van der Waals surface area contributed by atoms with Gasteiger partial charge in [-0.2, -0.15) is 0 Å². The smallest absolute Gasteiger partial charge is 0.316 e. The van der Waals surface area contributed by atoms with Crippen molar-refractivity contribution in [2.24, 2.45) is 13.0 Å². The molecule has 0 spiro atoms. The van der Waals surface area contributed by atoms with Crippen molar-refractivity contribution in [1.82, 2.24) is 14.5 Å². The Bertz CT molecular complexity index is 629. The molecule has 0 bridgehead atoms. The Balaban J connectivity index is 2.08. The van der Waals surface area contributed by atoms with Gasteiger partial charge in [0, 0.05) is 13.2 Å². The van der Waals surface area contributed by atoms with Crippen molar-refractivity contribution < 1.29 is 9.53 Å². The molecular formula is C15H19N3O2. The van der Waals surface area contributed by atoms with Crippen molar-refractivity contribution in [3.05, 3.63) is 24.3 Å². The molecule has 0 saturated heterocycles. The van der Waals surface area contributed by atoms with E-state index in [0.29, 0.717) is 5.92 Å². The molecule has 1 aliphatic carbocycles. The normalized spacial score (nSPS) is 17.5. The third-order valence-corrected chi connectivity index (χ3v) is 4.32. The lowest BCUT2D eigenvalue weighted by Crippen LogP contribution is -2.24. The first kappa shape index (κ1) is 13.1. The number of imidazole rings is 1. The number of carbonyl (C=O) groups excluding carboxylic acids is 1. The molecule has 2 heterocycles. The van der Waals surface area contributed by atoms with Crippen molar-refractivity contribution in [3.8, 4) is 0 Å². The van der Waals surface area contributed by atoms with Crippen LogP contribution in [0.2, 0.25) is 0 Å².